The lowest BCUT2D eigenvalue weighted by Crippen LogP contribution is -2.06. The van der Waals surface area contributed by atoms with Gasteiger partial charge in [-0.25, -0.2) is 0 Å². The van der Waals surface area contributed by atoms with Gasteiger partial charge in [0, 0.05) is 25.5 Å². The molecule has 0 atom stereocenters. The van der Waals surface area contributed by atoms with E-state index in [9.17, 15) is 0 Å². The summed E-state index contributed by atoms with van der Waals surface area (Å²) < 4.78 is 1.84. The Morgan fingerprint density at radius 2 is 2.12 bits per heavy atom. The first kappa shape index (κ1) is 11.7. The molecule has 1 aromatic carbocycles. The summed E-state index contributed by atoms with van der Waals surface area (Å²) in [5, 5.41) is 7.65. The van der Waals surface area contributed by atoms with Gasteiger partial charge < -0.3 is 5.32 Å². The van der Waals surface area contributed by atoms with Crippen molar-refractivity contribution in [3.63, 3.8) is 0 Å². The molecular weight excluding hydrogens is 210 g/mol. The predicted molar refractivity (Wildman–Crippen MR) is 71.2 cm³/mol. The summed E-state index contributed by atoms with van der Waals surface area (Å²) in [7, 11) is 1.95. The highest BCUT2D eigenvalue weighted by Crippen LogP contribution is 2.15. The Bertz CT molecular complexity index is 474. The van der Waals surface area contributed by atoms with Crippen molar-refractivity contribution in [2.75, 3.05) is 11.9 Å². The molecule has 0 amide bonds. The quantitative estimate of drug-likeness (QED) is 0.854. The van der Waals surface area contributed by atoms with E-state index in [-0.39, 0.29) is 0 Å². The number of hydrogen-bond donors (Lipinski definition) is 1. The van der Waals surface area contributed by atoms with Gasteiger partial charge in [-0.3, -0.25) is 4.68 Å². The zero-order valence-electron chi connectivity index (χ0n) is 10.5. The molecule has 2 rings (SSSR count). The lowest BCUT2D eigenvalue weighted by molar-refractivity contribution is 0.767. The summed E-state index contributed by atoms with van der Waals surface area (Å²) in [4.78, 5) is 0. The first-order chi connectivity index (χ1) is 8.29. The Balaban J connectivity index is 1.89. The molecule has 0 unspecified atom stereocenters. The van der Waals surface area contributed by atoms with Crippen LogP contribution >= 0.6 is 0 Å². The third kappa shape index (κ3) is 3.09. The highest BCUT2D eigenvalue weighted by atomic mass is 15.2. The second kappa shape index (κ2) is 5.53. The zero-order valence-corrected chi connectivity index (χ0v) is 10.5. The number of aromatic nitrogens is 2. The van der Waals surface area contributed by atoms with Gasteiger partial charge in [0.2, 0.25) is 0 Å². The number of aryl methyl sites for hydroxylation is 2. The van der Waals surface area contributed by atoms with Crippen LogP contribution in [0.5, 0.6) is 0 Å². The molecule has 1 aromatic heterocycles. The van der Waals surface area contributed by atoms with E-state index in [0.29, 0.717) is 0 Å². The largest absolute Gasteiger partial charge is 0.384 e. The van der Waals surface area contributed by atoms with Crippen LogP contribution in [0.1, 0.15) is 18.1 Å². The van der Waals surface area contributed by atoms with Gasteiger partial charge in [0.05, 0.1) is 6.20 Å². The number of anilines is 1. The molecule has 0 bridgehead atoms. The average molecular weight is 229 g/mol. The molecule has 0 aliphatic heterocycles. The molecule has 3 nitrogen and oxygen atoms in total. The molecule has 0 saturated heterocycles. The average Bonchev–Trinajstić information content (AvgIpc) is 2.76. The Kier molecular flexibility index (Phi) is 3.81. The van der Waals surface area contributed by atoms with Gasteiger partial charge in [0.1, 0.15) is 0 Å². The van der Waals surface area contributed by atoms with Crippen molar-refractivity contribution in [3.05, 3.63) is 47.8 Å². The lowest BCUT2D eigenvalue weighted by atomic mass is 10.1. The molecule has 17 heavy (non-hydrogen) atoms. The van der Waals surface area contributed by atoms with Gasteiger partial charge in [-0.15, -0.1) is 0 Å². The number of para-hydroxylation sites is 1. The molecule has 0 radical (unpaired) electrons. The molecule has 0 spiro atoms. The van der Waals surface area contributed by atoms with Crippen molar-refractivity contribution in [2.45, 2.75) is 19.8 Å². The highest BCUT2D eigenvalue weighted by molar-refractivity contribution is 5.51. The monoisotopic (exact) mass is 229 g/mol. The van der Waals surface area contributed by atoms with Crippen LogP contribution in [0.2, 0.25) is 0 Å². The van der Waals surface area contributed by atoms with Crippen LogP contribution in [0.15, 0.2) is 36.7 Å². The third-order valence-electron chi connectivity index (χ3n) is 2.89. The molecule has 0 aliphatic rings. The molecule has 2 aromatic rings. The van der Waals surface area contributed by atoms with Gasteiger partial charge in [0.25, 0.3) is 0 Å². The minimum Gasteiger partial charge on any atom is -0.384 e. The molecule has 90 valence electrons. The summed E-state index contributed by atoms with van der Waals surface area (Å²) in [5.74, 6) is 0. The van der Waals surface area contributed by atoms with E-state index in [2.05, 4.69) is 47.8 Å². The van der Waals surface area contributed by atoms with Crippen LogP contribution in [0.3, 0.4) is 0 Å². The minimum atomic E-state index is 0.947. The van der Waals surface area contributed by atoms with Crippen LogP contribution in [-0.2, 0) is 19.9 Å². The maximum absolute atomic E-state index is 4.16. The van der Waals surface area contributed by atoms with Crippen LogP contribution in [0.4, 0.5) is 5.69 Å². The highest BCUT2D eigenvalue weighted by Gasteiger charge is 1.99. The van der Waals surface area contributed by atoms with E-state index in [0.717, 1.165) is 19.4 Å². The van der Waals surface area contributed by atoms with Gasteiger partial charge in [-0.1, -0.05) is 25.1 Å². The maximum atomic E-state index is 4.16. The Morgan fingerprint density at radius 3 is 2.82 bits per heavy atom. The number of nitrogens with zero attached hydrogens (tertiary/aromatic N) is 2. The van der Waals surface area contributed by atoms with E-state index in [1.807, 2.05) is 17.9 Å². The van der Waals surface area contributed by atoms with Gasteiger partial charge >= 0.3 is 0 Å². The van der Waals surface area contributed by atoms with Crippen LogP contribution in [0, 0.1) is 0 Å². The first-order valence-corrected chi connectivity index (χ1v) is 6.09. The van der Waals surface area contributed by atoms with Crippen molar-refractivity contribution in [2.24, 2.45) is 7.05 Å². The van der Waals surface area contributed by atoms with E-state index < -0.39 is 0 Å². The molecule has 1 heterocycles. The Hall–Kier alpha value is -1.77. The Labute approximate surface area is 102 Å². The predicted octanol–water partition coefficient (Wildman–Crippen LogP) is 2.64. The molecular formula is C14H19N3. The van der Waals surface area contributed by atoms with E-state index in [1.54, 1.807) is 0 Å². The first-order valence-electron chi connectivity index (χ1n) is 6.09. The Morgan fingerprint density at radius 1 is 1.29 bits per heavy atom. The molecule has 0 aliphatic carbocycles. The summed E-state index contributed by atoms with van der Waals surface area (Å²) in [6, 6.07) is 8.48. The number of benzene rings is 1. The van der Waals surface area contributed by atoms with Gasteiger partial charge in [0.15, 0.2) is 0 Å². The smallest absolute Gasteiger partial charge is 0.0522 e. The maximum Gasteiger partial charge on any atom is 0.0522 e. The van der Waals surface area contributed by atoms with Crippen molar-refractivity contribution in [1.29, 1.82) is 0 Å². The zero-order chi connectivity index (χ0) is 12.1. The second-order valence-corrected chi connectivity index (χ2v) is 4.21. The fourth-order valence-corrected chi connectivity index (χ4v) is 1.94. The lowest BCUT2D eigenvalue weighted by Gasteiger charge is -2.09. The molecule has 3 heteroatoms. The van der Waals surface area contributed by atoms with Gasteiger partial charge in [-0.05, 0) is 30.0 Å². The van der Waals surface area contributed by atoms with E-state index in [4.69, 9.17) is 0 Å². The number of hydrogen-bond acceptors (Lipinski definition) is 2. The number of rotatable bonds is 5. The van der Waals surface area contributed by atoms with Gasteiger partial charge in [-0.2, -0.15) is 5.10 Å². The van der Waals surface area contributed by atoms with Crippen LogP contribution in [0.25, 0.3) is 0 Å². The SMILES string of the molecule is CCc1ccccc1NCCc1cnn(C)c1. The fraction of sp³-hybridized carbons (Fsp3) is 0.357. The topological polar surface area (TPSA) is 29.9 Å². The second-order valence-electron chi connectivity index (χ2n) is 4.21. The van der Waals surface area contributed by atoms with Crippen LogP contribution < -0.4 is 5.32 Å². The summed E-state index contributed by atoms with van der Waals surface area (Å²) >= 11 is 0. The fourth-order valence-electron chi connectivity index (χ4n) is 1.94. The van der Waals surface area contributed by atoms with Crippen molar-refractivity contribution in [3.8, 4) is 0 Å². The van der Waals surface area contributed by atoms with Crippen LogP contribution in [-0.4, -0.2) is 16.3 Å². The molecule has 0 saturated carbocycles. The molecule has 1 N–H and O–H groups in total. The van der Waals surface area contributed by atoms with E-state index in [1.165, 1.54) is 16.8 Å². The number of nitrogens with one attached hydrogen (secondary N) is 1. The molecule has 0 fully saturated rings. The van der Waals surface area contributed by atoms with Crippen molar-refractivity contribution < 1.29 is 0 Å². The third-order valence-corrected chi connectivity index (χ3v) is 2.89. The van der Waals surface area contributed by atoms with E-state index >= 15 is 0 Å². The summed E-state index contributed by atoms with van der Waals surface area (Å²) in [5.41, 5.74) is 3.89. The van der Waals surface area contributed by atoms with Crippen molar-refractivity contribution in [1.82, 2.24) is 9.78 Å². The van der Waals surface area contributed by atoms with Crippen molar-refractivity contribution >= 4 is 5.69 Å². The minimum absolute atomic E-state index is 0.947. The standard InChI is InChI=1S/C14H19N3/c1-3-13-6-4-5-7-14(13)15-9-8-12-10-16-17(2)11-12/h4-7,10-11,15H,3,8-9H2,1-2H3. The summed E-state index contributed by atoms with van der Waals surface area (Å²) in [6.07, 6.45) is 6.06. The summed E-state index contributed by atoms with van der Waals surface area (Å²) in [6.45, 7) is 3.13. The normalized spacial score (nSPS) is 10.5.